The molecule has 0 spiro atoms. The van der Waals surface area contributed by atoms with Crippen LogP contribution in [-0.4, -0.2) is 0 Å². The van der Waals surface area contributed by atoms with Crippen LogP contribution in [0.1, 0.15) is 31.1 Å². The van der Waals surface area contributed by atoms with Crippen molar-refractivity contribution in [3.05, 3.63) is 33.9 Å². The van der Waals surface area contributed by atoms with Crippen molar-refractivity contribution in [2.75, 3.05) is 0 Å². The van der Waals surface area contributed by atoms with E-state index in [1.807, 2.05) is 13.0 Å². The summed E-state index contributed by atoms with van der Waals surface area (Å²) in [5.41, 5.74) is 6.37. The Balaban J connectivity index is 2.39. The molecule has 0 radical (unpaired) electrons. The molecule has 0 saturated heterocycles. The van der Waals surface area contributed by atoms with E-state index in [9.17, 15) is 4.79 Å². The number of aryl methyl sites for hydroxylation is 1. The molecule has 0 amide bonds. The molecule has 76 valence electrons. The molecule has 1 aliphatic rings. The van der Waals surface area contributed by atoms with Crippen molar-refractivity contribution in [3.63, 3.8) is 0 Å². The Bertz CT molecular complexity index is 410. The van der Waals surface area contributed by atoms with Crippen LogP contribution >= 0.6 is 0 Å². The van der Waals surface area contributed by atoms with E-state index in [1.54, 1.807) is 0 Å². The molecule has 2 N–H and O–H groups in total. The van der Waals surface area contributed by atoms with Gasteiger partial charge in [-0.15, -0.1) is 0 Å². The first-order valence-electron chi connectivity index (χ1n) is 4.97. The monoisotopic (exact) mass is 193 g/mol. The number of hydrogen-bond acceptors (Lipinski definition) is 3. The van der Waals surface area contributed by atoms with Gasteiger partial charge in [0.25, 0.3) is 0 Å². The number of hydrogen-bond donors (Lipinski definition) is 1. The zero-order chi connectivity index (χ0) is 10.3. The lowest BCUT2D eigenvalue weighted by Gasteiger charge is -2.09. The lowest BCUT2D eigenvalue weighted by atomic mass is 10.1. The van der Waals surface area contributed by atoms with Crippen molar-refractivity contribution in [2.45, 2.75) is 32.2 Å². The van der Waals surface area contributed by atoms with Crippen LogP contribution in [0.4, 0.5) is 0 Å². The van der Waals surface area contributed by atoms with Gasteiger partial charge >= 0.3 is 5.63 Å². The first kappa shape index (κ1) is 9.46. The third kappa shape index (κ3) is 1.38. The van der Waals surface area contributed by atoms with Gasteiger partial charge in [0.05, 0.1) is 5.54 Å². The van der Waals surface area contributed by atoms with Crippen LogP contribution < -0.4 is 11.4 Å². The SMILES string of the molecule is CCC1CC1(N)c1cc(C)cc(=O)o1. The summed E-state index contributed by atoms with van der Waals surface area (Å²) in [6.45, 7) is 3.99. The predicted molar refractivity (Wildman–Crippen MR) is 54.0 cm³/mol. The van der Waals surface area contributed by atoms with Crippen molar-refractivity contribution in [1.82, 2.24) is 0 Å². The molecular formula is C11H15NO2. The summed E-state index contributed by atoms with van der Waals surface area (Å²) < 4.78 is 5.14. The maximum absolute atomic E-state index is 11.2. The van der Waals surface area contributed by atoms with E-state index in [4.69, 9.17) is 10.2 Å². The highest BCUT2D eigenvalue weighted by Crippen LogP contribution is 2.51. The average Bonchev–Trinajstić information content (AvgIpc) is 2.77. The minimum atomic E-state index is -0.375. The molecule has 0 aliphatic heterocycles. The van der Waals surface area contributed by atoms with E-state index in [-0.39, 0.29) is 11.2 Å². The second-order valence-corrected chi connectivity index (χ2v) is 4.17. The normalized spacial score (nSPS) is 30.4. The lowest BCUT2D eigenvalue weighted by molar-refractivity contribution is 0.397. The molecule has 3 nitrogen and oxygen atoms in total. The molecule has 1 aromatic heterocycles. The molecular weight excluding hydrogens is 178 g/mol. The third-order valence-corrected chi connectivity index (χ3v) is 3.02. The van der Waals surface area contributed by atoms with E-state index in [0.717, 1.165) is 18.4 Å². The number of nitrogens with two attached hydrogens (primary N) is 1. The Morgan fingerprint density at radius 1 is 1.64 bits per heavy atom. The summed E-state index contributed by atoms with van der Waals surface area (Å²) in [6, 6.07) is 3.35. The van der Waals surface area contributed by atoms with Gasteiger partial charge in [0, 0.05) is 6.07 Å². The van der Waals surface area contributed by atoms with Crippen molar-refractivity contribution in [2.24, 2.45) is 11.7 Å². The van der Waals surface area contributed by atoms with Crippen molar-refractivity contribution in [3.8, 4) is 0 Å². The number of rotatable bonds is 2. The molecule has 3 heteroatoms. The maximum Gasteiger partial charge on any atom is 0.336 e. The maximum atomic E-state index is 11.2. The molecule has 2 unspecified atom stereocenters. The molecule has 1 fully saturated rings. The highest BCUT2D eigenvalue weighted by atomic mass is 16.4. The molecule has 14 heavy (non-hydrogen) atoms. The molecule has 0 aromatic carbocycles. The van der Waals surface area contributed by atoms with Crippen LogP contribution in [0.3, 0.4) is 0 Å². The topological polar surface area (TPSA) is 56.2 Å². The second-order valence-electron chi connectivity index (χ2n) is 4.17. The summed E-state index contributed by atoms with van der Waals surface area (Å²) in [4.78, 5) is 11.2. The van der Waals surface area contributed by atoms with Crippen LogP contribution in [0.15, 0.2) is 21.3 Å². The Kier molecular flexibility index (Phi) is 2.00. The van der Waals surface area contributed by atoms with E-state index < -0.39 is 0 Å². The molecule has 1 saturated carbocycles. The van der Waals surface area contributed by atoms with Crippen LogP contribution in [0.2, 0.25) is 0 Å². The summed E-state index contributed by atoms with van der Waals surface area (Å²) in [5.74, 6) is 1.11. The fraction of sp³-hybridized carbons (Fsp3) is 0.545. The third-order valence-electron chi connectivity index (χ3n) is 3.02. The molecule has 1 aliphatic carbocycles. The van der Waals surface area contributed by atoms with Crippen LogP contribution in [0.5, 0.6) is 0 Å². The van der Waals surface area contributed by atoms with Crippen LogP contribution in [0, 0.1) is 12.8 Å². The van der Waals surface area contributed by atoms with Gasteiger partial charge in [-0.05, 0) is 30.9 Å². The zero-order valence-electron chi connectivity index (χ0n) is 8.54. The lowest BCUT2D eigenvalue weighted by Crippen LogP contribution is -2.23. The first-order valence-corrected chi connectivity index (χ1v) is 4.97. The Labute approximate surface area is 82.9 Å². The van der Waals surface area contributed by atoms with Gasteiger partial charge in [-0.1, -0.05) is 13.3 Å². The van der Waals surface area contributed by atoms with E-state index >= 15 is 0 Å². The molecule has 1 aromatic rings. The minimum absolute atomic E-state index is 0.299. The zero-order valence-corrected chi connectivity index (χ0v) is 8.54. The molecule has 1 heterocycles. The predicted octanol–water partition coefficient (Wildman–Crippen LogP) is 1.53. The summed E-state index contributed by atoms with van der Waals surface area (Å²) in [7, 11) is 0. The van der Waals surface area contributed by atoms with Gasteiger partial charge in [-0.3, -0.25) is 0 Å². The first-order chi connectivity index (χ1) is 6.56. The molecule has 2 atom stereocenters. The highest BCUT2D eigenvalue weighted by molar-refractivity contribution is 5.25. The second kappa shape index (κ2) is 2.95. The minimum Gasteiger partial charge on any atom is -0.426 e. The standard InChI is InChI=1S/C11H15NO2/c1-3-8-6-11(8,12)9-4-7(2)5-10(13)14-9/h4-5,8H,3,6,12H2,1-2H3. The smallest absolute Gasteiger partial charge is 0.336 e. The highest BCUT2D eigenvalue weighted by Gasteiger charge is 2.53. The van der Waals surface area contributed by atoms with E-state index in [1.165, 1.54) is 6.07 Å². The van der Waals surface area contributed by atoms with Crippen molar-refractivity contribution in [1.29, 1.82) is 0 Å². The van der Waals surface area contributed by atoms with Gasteiger partial charge in [-0.25, -0.2) is 4.79 Å². The van der Waals surface area contributed by atoms with Gasteiger partial charge in [0.1, 0.15) is 5.76 Å². The van der Waals surface area contributed by atoms with Gasteiger partial charge in [-0.2, -0.15) is 0 Å². The fourth-order valence-corrected chi connectivity index (χ4v) is 1.99. The van der Waals surface area contributed by atoms with Crippen LogP contribution in [0.25, 0.3) is 0 Å². The van der Waals surface area contributed by atoms with Gasteiger partial charge in [0.15, 0.2) is 0 Å². The fourth-order valence-electron chi connectivity index (χ4n) is 1.99. The van der Waals surface area contributed by atoms with Gasteiger partial charge < -0.3 is 10.2 Å². The van der Waals surface area contributed by atoms with Crippen LogP contribution in [-0.2, 0) is 5.54 Å². The van der Waals surface area contributed by atoms with E-state index in [2.05, 4.69) is 6.92 Å². The van der Waals surface area contributed by atoms with Crippen molar-refractivity contribution >= 4 is 0 Å². The summed E-state index contributed by atoms with van der Waals surface area (Å²) >= 11 is 0. The van der Waals surface area contributed by atoms with E-state index in [0.29, 0.717) is 11.7 Å². The van der Waals surface area contributed by atoms with Gasteiger partial charge in [0.2, 0.25) is 0 Å². The Hall–Kier alpha value is -1.09. The summed E-state index contributed by atoms with van der Waals surface area (Å²) in [5, 5.41) is 0. The Morgan fingerprint density at radius 2 is 2.36 bits per heavy atom. The Morgan fingerprint density at radius 3 is 2.86 bits per heavy atom. The molecule has 2 rings (SSSR count). The summed E-state index contributed by atoms with van der Waals surface area (Å²) in [6.07, 6.45) is 1.96. The van der Waals surface area contributed by atoms with Crippen molar-refractivity contribution < 1.29 is 4.42 Å². The molecule has 0 bridgehead atoms. The average molecular weight is 193 g/mol. The quantitative estimate of drug-likeness (QED) is 0.775. The largest absolute Gasteiger partial charge is 0.426 e.